The van der Waals surface area contributed by atoms with Crippen LogP contribution in [0.3, 0.4) is 0 Å². The van der Waals surface area contributed by atoms with Crippen LogP contribution in [0, 0.1) is 6.08 Å². The summed E-state index contributed by atoms with van der Waals surface area (Å²) < 4.78 is 0. The molecule has 0 fully saturated rings. The zero-order valence-electron chi connectivity index (χ0n) is 6.70. The molecule has 0 N–H and O–H groups in total. The maximum absolute atomic E-state index is 3.33. The molecule has 1 heteroatoms. The molecule has 0 aromatic rings. The Morgan fingerprint density at radius 3 is 2.40 bits per heavy atom. The van der Waals surface area contributed by atoms with Crippen molar-refractivity contribution in [3.8, 4) is 0 Å². The van der Waals surface area contributed by atoms with Gasteiger partial charge in [-0.15, -0.1) is 6.42 Å². The molecule has 0 nitrogen and oxygen atoms in total. The molecule has 0 aromatic heterocycles. The molecule has 0 heterocycles. The maximum Gasteiger partial charge on any atom is 0 e. The van der Waals surface area contributed by atoms with Crippen LogP contribution in [0.25, 0.3) is 0 Å². The minimum Gasteiger partial charge on any atom is -0.269 e. The average molecular weight is 300 g/mol. The summed E-state index contributed by atoms with van der Waals surface area (Å²) in [5, 5.41) is 0. The van der Waals surface area contributed by atoms with Crippen molar-refractivity contribution in [3.05, 3.63) is 23.3 Å². The summed E-state index contributed by atoms with van der Waals surface area (Å²) in [6.45, 7) is 4.38. The van der Waals surface area contributed by atoms with Gasteiger partial charge < -0.3 is 0 Å². The monoisotopic (exact) mass is 301 g/mol. The van der Waals surface area contributed by atoms with Gasteiger partial charge in [-0.25, -0.2) is 11.6 Å². The summed E-state index contributed by atoms with van der Waals surface area (Å²) in [5.41, 5.74) is 2.93. The van der Waals surface area contributed by atoms with E-state index in [1.807, 2.05) is 0 Å². The van der Waals surface area contributed by atoms with Crippen molar-refractivity contribution in [2.24, 2.45) is 0 Å². The number of allylic oxidation sites excluding steroid dienone is 4. The smallest absolute Gasteiger partial charge is 0 e. The molecule has 1 aliphatic carbocycles. The first-order valence-corrected chi connectivity index (χ1v) is 3.66. The van der Waals surface area contributed by atoms with Crippen LogP contribution in [0.4, 0.5) is 0 Å². The van der Waals surface area contributed by atoms with Crippen LogP contribution in [0.15, 0.2) is 17.2 Å². The number of rotatable bonds is 2. The molecule has 0 spiro atoms. The second-order valence-electron chi connectivity index (χ2n) is 2.39. The van der Waals surface area contributed by atoms with Crippen molar-refractivity contribution < 1.29 is 25.8 Å². The van der Waals surface area contributed by atoms with E-state index in [0.717, 1.165) is 12.8 Å². The topological polar surface area (TPSA) is 0 Å². The predicted molar refractivity (Wildman–Crippen MR) is 40.0 cm³/mol. The molecule has 0 aliphatic heterocycles. The predicted octanol–water partition coefficient (Wildman–Crippen LogP) is 2.86. The summed E-state index contributed by atoms with van der Waals surface area (Å²) in [4.78, 5) is 0. The first-order chi connectivity index (χ1) is 4.36. The molecular formula is C9H13Hf-. The molecule has 0 unspecified atom stereocenters. The first kappa shape index (κ1) is 10.4. The van der Waals surface area contributed by atoms with Gasteiger partial charge in [-0.2, -0.15) is 5.57 Å². The van der Waals surface area contributed by atoms with E-state index in [9.17, 15) is 0 Å². The standard InChI is InChI=1S/C9H13.Hf/c1-3-8-5-6-9(4-2)7-8;/h7H,3-5H2,1-2H3;/q-1;. The van der Waals surface area contributed by atoms with Gasteiger partial charge in [-0.3, -0.25) is 6.08 Å². The number of hydrogen-bond donors (Lipinski definition) is 0. The van der Waals surface area contributed by atoms with Gasteiger partial charge in [0, 0.05) is 25.8 Å². The molecule has 0 saturated carbocycles. The average Bonchev–Trinajstić information content (AvgIpc) is 2.34. The Kier molecular flexibility index (Phi) is 5.24. The molecular weight excluding hydrogens is 287 g/mol. The van der Waals surface area contributed by atoms with Gasteiger partial charge >= 0.3 is 0 Å². The maximum atomic E-state index is 3.33. The minimum atomic E-state index is 0. The zero-order valence-corrected chi connectivity index (χ0v) is 10.3. The Balaban J connectivity index is 0.000000810. The third-order valence-electron chi connectivity index (χ3n) is 1.76. The molecule has 1 aliphatic rings. The first-order valence-electron chi connectivity index (χ1n) is 3.66. The Morgan fingerprint density at radius 2 is 2.10 bits per heavy atom. The van der Waals surface area contributed by atoms with Gasteiger partial charge in [0.25, 0.3) is 0 Å². The zero-order chi connectivity index (χ0) is 6.69. The van der Waals surface area contributed by atoms with Gasteiger partial charge in [-0.05, 0) is 0 Å². The largest absolute Gasteiger partial charge is 0.269 e. The van der Waals surface area contributed by atoms with Crippen LogP contribution in [0.1, 0.15) is 33.1 Å². The van der Waals surface area contributed by atoms with E-state index in [-0.39, 0.29) is 25.8 Å². The van der Waals surface area contributed by atoms with Crippen molar-refractivity contribution in [3.63, 3.8) is 0 Å². The van der Waals surface area contributed by atoms with Gasteiger partial charge in [0.05, 0.1) is 0 Å². The molecule has 10 heavy (non-hydrogen) atoms. The van der Waals surface area contributed by atoms with Gasteiger partial charge in [-0.1, -0.05) is 26.7 Å². The van der Waals surface area contributed by atoms with Crippen molar-refractivity contribution >= 4 is 0 Å². The molecule has 0 atom stereocenters. The van der Waals surface area contributed by atoms with Crippen LogP contribution < -0.4 is 0 Å². The SMILES string of the molecule is CCC1=[C-]CC(CC)=C1.[Hf]. The van der Waals surface area contributed by atoms with Crippen molar-refractivity contribution in [1.29, 1.82) is 0 Å². The quantitative estimate of drug-likeness (QED) is 0.543. The van der Waals surface area contributed by atoms with Crippen LogP contribution in [0.2, 0.25) is 0 Å². The van der Waals surface area contributed by atoms with Crippen LogP contribution >= 0.6 is 0 Å². The molecule has 0 amide bonds. The van der Waals surface area contributed by atoms with Crippen molar-refractivity contribution in [2.75, 3.05) is 0 Å². The fraction of sp³-hybridized carbons (Fsp3) is 0.556. The summed E-state index contributed by atoms with van der Waals surface area (Å²) in [6.07, 6.45) is 9.03. The Hall–Kier alpha value is 0.350. The number of hydrogen-bond acceptors (Lipinski definition) is 0. The summed E-state index contributed by atoms with van der Waals surface area (Å²) in [7, 11) is 0. The molecule has 0 radical (unpaired) electrons. The van der Waals surface area contributed by atoms with Crippen LogP contribution in [0.5, 0.6) is 0 Å². The molecule has 0 aromatic carbocycles. The summed E-state index contributed by atoms with van der Waals surface area (Å²) in [6, 6.07) is 0. The molecule has 0 saturated heterocycles. The molecule has 54 valence electrons. The van der Waals surface area contributed by atoms with Crippen LogP contribution in [-0.2, 0) is 25.8 Å². The Labute approximate surface area is 82.2 Å². The third kappa shape index (κ3) is 2.53. The fourth-order valence-electron chi connectivity index (χ4n) is 1.03. The van der Waals surface area contributed by atoms with E-state index >= 15 is 0 Å². The van der Waals surface area contributed by atoms with Gasteiger partial charge in [0.2, 0.25) is 0 Å². The fourth-order valence-corrected chi connectivity index (χ4v) is 1.03. The van der Waals surface area contributed by atoms with Gasteiger partial charge in [0.15, 0.2) is 0 Å². The Morgan fingerprint density at radius 1 is 1.40 bits per heavy atom. The second kappa shape index (κ2) is 5.06. The third-order valence-corrected chi connectivity index (χ3v) is 1.76. The van der Waals surface area contributed by atoms with E-state index < -0.39 is 0 Å². The van der Waals surface area contributed by atoms with E-state index in [1.165, 1.54) is 17.6 Å². The Bertz CT molecular complexity index is 154. The van der Waals surface area contributed by atoms with Gasteiger partial charge in [0.1, 0.15) is 0 Å². The van der Waals surface area contributed by atoms with Crippen molar-refractivity contribution in [2.45, 2.75) is 33.1 Å². The minimum absolute atomic E-state index is 0. The van der Waals surface area contributed by atoms with E-state index in [4.69, 9.17) is 0 Å². The van der Waals surface area contributed by atoms with E-state index in [2.05, 4.69) is 26.0 Å². The second-order valence-corrected chi connectivity index (χ2v) is 2.39. The normalized spacial score (nSPS) is 15.8. The molecule has 1 rings (SSSR count). The molecule has 0 bridgehead atoms. The van der Waals surface area contributed by atoms with Crippen LogP contribution in [-0.4, -0.2) is 0 Å². The van der Waals surface area contributed by atoms with E-state index in [0.29, 0.717) is 0 Å². The van der Waals surface area contributed by atoms with E-state index in [1.54, 1.807) is 0 Å². The van der Waals surface area contributed by atoms with Crippen molar-refractivity contribution in [1.82, 2.24) is 0 Å². The summed E-state index contributed by atoms with van der Waals surface area (Å²) in [5.74, 6) is 0. The summed E-state index contributed by atoms with van der Waals surface area (Å²) >= 11 is 0.